The summed E-state index contributed by atoms with van der Waals surface area (Å²) in [5.41, 5.74) is 2.88. The van der Waals surface area contributed by atoms with Crippen molar-refractivity contribution in [2.24, 2.45) is 0 Å². The molecule has 1 N–H and O–H groups in total. The van der Waals surface area contributed by atoms with Crippen LogP contribution in [0.5, 0.6) is 5.75 Å². The van der Waals surface area contributed by atoms with E-state index in [4.69, 9.17) is 9.15 Å². The number of carbonyl (C=O) groups excluding carboxylic acids is 1. The van der Waals surface area contributed by atoms with Gasteiger partial charge < -0.3 is 9.15 Å². The van der Waals surface area contributed by atoms with Gasteiger partial charge in [0.05, 0.1) is 5.69 Å². The molecule has 1 atom stereocenters. The number of nitrogens with zero attached hydrogens (tertiary/aromatic N) is 1. The van der Waals surface area contributed by atoms with Crippen molar-refractivity contribution in [2.75, 3.05) is 5.32 Å². The fraction of sp³-hybridized carbons (Fsp3) is 0.263. The zero-order chi connectivity index (χ0) is 18.0. The Morgan fingerprint density at radius 2 is 1.96 bits per heavy atom. The third-order valence-corrected chi connectivity index (χ3v) is 4.51. The van der Waals surface area contributed by atoms with Crippen LogP contribution < -0.4 is 10.1 Å². The second-order valence-corrected chi connectivity index (χ2v) is 6.79. The lowest BCUT2D eigenvalue weighted by Crippen LogP contribution is -2.30. The first-order chi connectivity index (χ1) is 11.9. The van der Waals surface area contributed by atoms with E-state index in [0.717, 1.165) is 28.3 Å². The summed E-state index contributed by atoms with van der Waals surface area (Å²) in [7, 11) is 0. The number of benzene rings is 1. The number of aryl methyl sites for hydroxylation is 3. The Balaban J connectivity index is 1.65. The predicted molar refractivity (Wildman–Crippen MR) is 99.2 cm³/mol. The Morgan fingerprint density at radius 3 is 2.60 bits per heavy atom. The maximum absolute atomic E-state index is 12.3. The standard InChI is InChI=1S/C19H20N2O3S/c1-11-5-7-15(8-6-11)24-14(4)18(22)21-19-20-17(10-25-19)16-9-12(2)23-13(16)3/h5-10,14H,1-4H3,(H,20,21,22). The molecule has 0 spiro atoms. The minimum atomic E-state index is -0.618. The van der Waals surface area contributed by atoms with Crippen molar-refractivity contribution in [3.63, 3.8) is 0 Å². The number of anilines is 1. The van der Waals surface area contributed by atoms with Crippen LogP contribution in [-0.4, -0.2) is 17.0 Å². The highest BCUT2D eigenvalue weighted by Crippen LogP contribution is 2.29. The lowest BCUT2D eigenvalue weighted by molar-refractivity contribution is -0.122. The number of ether oxygens (including phenoxy) is 1. The van der Waals surface area contributed by atoms with E-state index in [1.807, 2.05) is 56.5 Å². The molecule has 3 aromatic rings. The topological polar surface area (TPSA) is 64.4 Å². The highest BCUT2D eigenvalue weighted by atomic mass is 32.1. The van der Waals surface area contributed by atoms with Crippen LogP contribution in [0.3, 0.4) is 0 Å². The predicted octanol–water partition coefficient (Wildman–Crippen LogP) is 4.73. The van der Waals surface area contributed by atoms with Gasteiger partial charge in [-0.3, -0.25) is 10.1 Å². The Labute approximate surface area is 150 Å². The Bertz CT molecular complexity index is 880. The Morgan fingerprint density at radius 1 is 1.24 bits per heavy atom. The van der Waals surface area contributed by atoms with Crippen LogP contribution >= 0.6 is 11.3 Å². The lowest BCUT2D eigenvalue weighted by Gasteiger charge is -2.13. The lowest BCUT2D eigenvalue weighted by atomic mass is 10.2. The first-order valence-corrected chi connectivity index (χ1v) is 8.87. The molecule has 6 heteroatoms. The van der Waals surface area contributed by atoms with E-state index in [0.29, 0.717) is 10.9 Å². The van der Waals surface area contributed by atoms with Gasteiger partial charge in [-0.05, 0) is 45.9 Å². The quantitative estimate of drug-likeness (QED) is 0.717. The highest BCUT2D eigenvalue weighted by molar-refractivity contribution is 7.14. The fourth-order valence-electron chi connectivity index (χ4n) is 2.42. The number of nitrogens with one attached hydrogen (secondary N) is 1. The summed E-state index contributed by atoms with van der Waals surface area (Å²) in [5.74, 6) is 2.09. The molecule has 2 aromatic heterocycles. The molecule has 1 aromatic carbocycles. The summed E-state index contributed by atoms with van der Waals surface area (Å²) >= 11 is 1.38. The van der Waals surface area contributed by atoms with Gasteiger partial charge in [-0.25, -0.2) is 4.98 Å². The van der Waals surface area contributed by atoms with Crippen molar-refractivity contribution in [2.45, 2.75) is 33.8 Å². The van der Waals surface area contributed by atoms with Gasteiger partial charge in [0.2, 0.25) is 0 Å². The van der Waals surface area contributed by atoms with E-state index >= 15 is 0 Å². The number of rotatable bonds is 5. The largest absolute Gasteiger partial charge is 0.481 e. The summed E-state index contributed by atoms with van der Waals surface area (Å²) in [5, 5.41) is 5.24. The van der Waals surface area contributed by atoms with Crippen LogP contribution in [0, 0.1) is 20.8 Å². The van der Waals surface area contributed by atoms with Crippen molar-refractivity contribution in [1.82, 2.24) is 4.98 Å². The molecule has 0 saturated carbocycles. The van der Waals surface area contributed by atoms with Crippen LogP contribution in [0.25, 0.3) is 11.3 Å². The zero-order valence-corrected chi connectivity index (χ0v) is 15.4. The van der Waals surface area contributed by atoms with Gasteiger partial charge in [-0.2, -0.15) is 0 Å². The number of carbonyl (C=O) groups is 1. The maximum Gasteiger partial charge on any atom is 0.266 e. The molecule has 0 radical (unpaired) electrons. The first-order valence-electron chi connectivity index (χ1n) is 7.99. The highest BCUT2D eigenvalue weighted by Gasteiger charge is 2.17. The minimum Gasteiger partial charge on any atom is -0.481 e. The molecule has 0 fully saturated rings. The van der Waals surface area contributed by atoms with Gasteiger partial charge in [0.25, 0.3) is 5.91 Å². The van der Waals surface area contributed by atoms with Crippen molar-refractivity contribution < 1.29 is 13.9 Å². The van der Waals surface area contributed by atoms with E-state index in [9.17, 15) is 4.79 Å². The van der Waals surface area contributed by atoms with Gasteiger partial charge in [-0.15, -0.1) is 11.3 Å². The van der Waals surface area contributed by atoms with Gasteiger partial charge in [0, 0.05) is 10.9 Å². The minimum absolute atomic E-state index is 0.235. The number of furan rings is 1. The molecule has 1 unspecified atom stereocenters. The molecule has 3 rings (SSSR count). The Hall–Kier alpha value is -2.60. The second-order valence-electron chi connectivity index (χ2n) is 5.93. The molecule has 25 heavy (non-hydrogen) atoms. The molecule has 0 aliphatic heterocycles. The summed E-state index contributed by atoms with van der Waals surface area (Å²) < 4.78 is 11.2. The van der Waals surface area contributed by atoms with E-state index in [1.54, 1.807) is 6.92 Å². The fourth-order valence-corrected chi connectivity index (χ4v) is 3.13. The van der Waals surface area contributed by atoms with Gasteiger partial charge >= 0.3 is 0 Å². The van der Waals surface area contributed by atoms with Crippen molar-refractivity contribution in [1.29, 1.82) is 0 Å². The second kappa shape index (κ2) is 7.11. The van der Waals surface area contributed by atoms with Crippen LogP contribution in [0.1, 0.15) is 24.0 Å². The zero-order valence-electron chi connectivity index (χ0n) is 14.6. The summed E-state index contributed by atoms with van der Waals surface area (Å²) in [4.78, 5) is 16.8. The Kier molecular flexibility index (Phi) is 4.90. The average Bonchev–Trinajstić information content (AvgIpc) is 3.15. The summed E-state index contributed by atoms with van der Waals surface area (Å²) in [6, 6.07) is 9.54. The molecule has 0 saturated heterocycles. The van der Waals surface area contributed by atoms with Gasteiger partial charge in [0.15, 0.2) is 11.2 Å². The number of thiazole rings is 1. The van der Waals surface area contributed by atoms with Crippen molar-refractivity contribution >= 4 is 22.4 Å². The number of hydrogen-bond acceptors (Lipinski definition) is 5. The summed E-state index contributed by atoms with van der Waals surface area (Å²) in [6.07, 6.45) is -0.618. The molecule has 5 nitrogen and oxygen atoms in total. The normalized spacial score (nSPS) is 12.0. The molecule has 2 heterocycles. The van der Waals surface area contributed by atoms with Crippen LogP contribution in [0.15, 0.2) is 40.1 Å². The third kappa shape index (κ3) is 4.09. The van der Waals surface area contributed by atoms with E-state index in [-0.39, 0.29) is 5.91 Å². The molecule has 130 valence electrons. The molecule has 1 amide bonds. The maximum atomic E-state index is 12.3. The van der Waals surface area contributed by atoms with Crippen molar-refractivity contribution in [3.8, 4) is 17.0 Å². The number of hydrogen-bond donors (Lipinski definition) is 1. The van der Waals surface area contributed by atoms with Gasteiger partial charge in [-0.1, -0.05) is 17.7 Å². The average molecular weight is 356 g/mol. The number of amides is 1. The van der Waals surface area contributed by atoms with Gasteiger partial charge in [0.1, 0.15) is 17.3 Å². The van der Waals surface area contributed by atoms with Crippen LogP contribution in [-0.2, 0) is 4.79 Å². The van der Waals surface area contributed by atoms with Crippen LogP contribution in [0.4, 0.5) is 5.13 Å². The van der Waals surface area contributed by atoms with E-state index < -0.39 is 6.10 Å². The molecule has 0 aliphatic carbocycles. The molecular formula is C19H20N2O3S. The number of aromatic nitrogens is 1. The monoisotopic (exact) mass is 356 g/mol. The summed E-state index contributed by atoms with van der Waals surface area (Å²) in [6.45, 7) is 7.52. The molecular weight excluding hydrogens is 336 g/mol. The third-order valence-electron chi connectivity index (χ3n) is 3.75. The van der Waals surface area contributed by atoms with Crippen LogP contribution in [0.2, 0.25) is 0 Å². The SMILES string of the molecule is Cc1ccc(OC(C)C(=O)Nc2nc(-c3cc(C)oc3C)cs2)cc1. The van der Waals surface area contributed by atoms with Crippen molar-refractivity contribution in [3.05, 3.63) is 52.8 Å². The van der Waals surface area contributed by atoms with E-state index in [2.05, 4.69) is 10.3 Å². The molecule has 0 bridgehead atoms. The molecule has 0 aliphatic rings. The first kappa shape index (κ1) is 17.2. The smallest absolute Gasteiger partial charge is 0.266 e. The van der Waals surface area contributed by atoms with E-state index in [1.165, 1.54) is 11.3 Å².